The summed E-state index contributed by atoms with van der Waals surface area (Å²) in [4.78, 5) is 42.1. The normalized spacial score (nSPS) is 36.7. The summed E-state index contributed by atoms with van der Waals surface area (Å²) in [5.41, 5.74) is 0. The van der Waals surface area contributed by atoms with Gasteiger partial charge in [0, 0.05) is 19.3 Å². The Morgan fingerprint density at radius 3 is 1.36 bits per heavy atom. The molecule has 103 heavy (non-hydrogen) atoms. The summed E-state index contributed by atoms with van der Waals surface area (Å²) in [5, 5.41) is 103. The van der Waals surface area contributed by atoms with Crippen LogP contribution in [0.5, 0.6) is 0 Å². The molecule has 6 heterocycles. The molecule has 0 aromatic carbocycles. The number of rotatable bonds is 41. The molecule has 6 rings (SSSR count). The number of aliphatic hydroxyl groups is 9. The molecule has 0 radical (unpaired) electrons. The Hall–Kier alpha value is -2.35. The average Bonchev–Trinajstić information content (AvgIpc) is 0.774. The van der Waals surface area contributed by atoms with Gasteiger partial charge in [-0.1, -0.05) is 233 Å². The van der Waals surface area contributed by atoms with E-state index in [-0.39, 0.29) is 25.4 Å². The molecule has 26 unspecified atom stereocenters. The fraction of sp³-hybridized carbons (Fsp3) is 0.962. The van der Waals surface area contributed by atoms with E-state index in [1.165, 1.54) is 110 Å². The van der Waals surface area contributed by atoms with Crippen molar-refractivity contribution in [3.05, 3.63) is 0 Å². The zero-order valence-electron chi connectivity index (χ0n) is 63.8. The molecule has 26 atom stereocenters. The van der Waals surface area contributed by atoms with Gasteiger partial charge in [0.25, 0.3) is 0 Å². The summed E-state index contributed by atoms with van der Waals surface area (Å²) < 4.78 is 83.2. The van der Waals surface area contributed by atoms with Crippen LogP contribution in [0.4, 0.5) is 0 Å². The first-order chi connectivity index (χ1) is 49.7. The fourth-order valence-corrected chi connectivity index (χ4v) is 15.1. The lowest BCUT2D eigenvalue weighted by Gasteiger charge is -2.51. The topological polar surface area (TPSA) is 353 Å². The Bertz CT molecular complexity index is 2250. The van der Waals surface area contributed by atoms with Gasteiger partial charge in [-0.25, -0.2) is 0 Å². The SMILES string of the molecule is CCCCCCCCCCCCCCCC(=O)OC1C(C)OC(OC2C(C)OC(OC3C(C)OC4OC5C(OC(CCCCC)CCCCCCCCCC(=O)OC3C4O)OC(C)C(O)C5O)C(OC(=O)CCCCCCCCCCCCCCC)C2OC2OC(CO)C(O)C(O)C2O)C(O)C1O. The molecule has 6 saturated heterocycles. The second-order valence-electron chi connectivity index (χ2n) is 30.5. The van der Waals surface area contributed by atoms with Gasteiger partial charge in [-0.05, 0) is 59.8 Å². The van der Waals surface area contributed by atoms with Crippen molar-refractivity contribution in [2.24, 2.45) is 0 Å². The van der Waals surface area contributed by atoms with E-state index in [1.54, 1.807) is 13.8 Å². The van der Waals surface area contributed by atoms with E-state index in [4.69, 9.17) is 61.6 Å². The van der Waals surface area contributed by atoms with Crippen molar-refractivity contribution in [1.29, 1.82) is 0 Å². The molecule has 0 spiro atoms. The van der Waals surface area contributed by atoms with Crippen molar-refractivity contribution < 1.29 is 122 Å². The number of carbonyl (C=O) groups is 3. The number of ether oxygens (including phenoxy) is 13. The fourth-order valence-electron chi connectivity index (χ4n) is 15.1. The van der Waals surface area contributed by atoms with Gasteiger partial charge in [-0.3, -0.25) is 14.4 Å². The van der Waals surface area contributed by atoms with Crippen LogP contribution in [0.15, 0.2) is 0 Å². The first kappa shape index (κ1) is 89.5. The Labute approximate surface area is 615 Å². The highest BCUT2D eigenvalue weighted by Crippen LogP contribution is 2.40. The largest absolute Gasteiger partial charge is 0.457 e. The molecule has 0 aromatic heterocycles. The summed E-state index contributed by atoms with van der Waals surface area (Å²) >= 11 is 0. The molecular weight excluding hydrogens is 1340 g/mol. The predicted molar refractivity (Wildman–Crippen MR) is 381 cm³/mol. The third kappa shape index (κ3) is 29.8. The van der Waals surface area contributed by atoms with E-state index in [9.17, 15) is 60.3 Å². The highest BCUT2D eigenvalue weighted by Gasteiger charge is 2.59. The van der Waals surface area contributed by atoms with Gasteiger partial charge in [-0.2, -0.15) is 0 Å². The standard InChI is InChI=1S/C78H140O25/c1-8-11-14-16-18-20-22-24-26-28-32-36-41-46-56(80)97-67-51(5)92-74(65(89)63(67)87)100-69-53(7)94-78(73(72(69)103-75-64(88)61(85)60(84)55(49-79)96-75)99-58(82)48-43-37-33-29-27-25-23-21-19-17-15-12-9-2)101-68-52(6)93-76-66(90)70(68)98-57(81)47-42-38-34-30-31-35-40-45-54(44-39-13-10-3)95-77-71(102-76)62(86)59(83)50(4)91-77/h50-55,59-79,83-90H,8-49H2,1-7H3. The summed E-state index contributed by atoms with van der Waals surface area (Å²) in [5.74, 6) is -2.05. The van der Waals surface area contributed by atoms with Crippen molar-refractivity contribution >= 4 is 17.9 Å². The van der Waals surface area contributed by atoms with E-state index >= 15 is 0 Å². The van der Waals surface area contributed by atoms with Crippen molar-refractivity contribution in [3.8, 4) is 0 Å². The number of fused-ring (bicyclic) bond motifs is 3. The minimum Gasteiger partial charge on any atom is -0.457 e. The number of carbonyl (C=O) groups excluding carboxylic acids is 3. The van der Waals surface area contributed by atoms with E-state index in [2.05, 4.69) is 20.8 Å². The molecule has 602 valence electrons. The van der Waals surface area contributed by atoms with Gasteiger partial charge in [0.15, 0.2) is 49.8 Å². The molecule has 0 aliphatic carbocycles. The van der Waals surface area contributed by atoms with Crippen LogP contribution in [0.25, 0.3) is 0 Å². The van der Waals surface area contributed by atoms with Crippen LogP contribution in [0.2, 0.25) is 0 Å². The highest BCUT2D eigenvalue weighted by molar-refractivity contribution is 5.70. The minimum atomic E-state index is -2.02. The second-order valence-corrected chi connectivity index (χ2v) is 30.5. The monoisotopic (exact) mass is 1480 g/mol. The maximum Gasteiger partial charge on any atom is 0.306 e. The number of hydrogen-bond donors (Lipinski definition) is 9. The number of hydrogen-bond acceptors (Lipinski definition) is 25. The van der Waals surface area contributed by atoms with Gasteiger partial charge in [0.1, 0.15) is 79.4 Å². The van der Waals surface area contributed by atoms with Crippen LogP contribution >= 0.6 is 0 Å². The lowest BCUT2D eigenvalue weighted by molar-refractivity contribution is -0.400. The highest BCUT2D eigenvalue weighted by atomic mass is 16.8. The lowest BCUT2D eigenvalue weighted by atomic mass is 9.95. The van der Waals surface area contributed by atoms with Gasteiger partial charge in [0.05, 0.1) is 37.1 Å². The first-order valence-electron chi connectivity index (χ1n) is 40.9. The number of aliphatic hydroxyl groups excluding tert-OH is 9. The molecule has 25 heteroatoms. The predicted octanol–water partition coefficient (Wildman–Crippen LogP) is 10.3. The van der Waals surface area contributed by atoms with Gasteiger partial charge < -0.3 is 108 Å². The van der Waals surface area contributed by atoms with Crippen LogP contribution in [-0.2, 0) is 76.0 Å². The number of unbranched alkanes of at least 4 members (excludes halogenated alkanes) is 26. The maximum absolute atomic E-state index is 14.6. The van der Waals surface area contributed by atoms with E-state index in [0.29, 0.717) is 38.5 Å². The average molecular weight is 1480 g/mol. The summed E-state index contributed by atoms with van der Waals surface area (Å²) in [6.07, 6.45) is -1.54. The van der Waals surface area contributed by atoms with Crippen LogP contribution in [0.3, 0.4) is 0 Å². The van der Waals surface area contributed by atoms with Crippen molar-refractivity contribution in [3.63, 3.8) is 0 Å². The zero-order chi connectivity index (χ0) is 74.6. The summed E-state index contributed by atoms with van der Waals surface area (Å²) in [7, 11) is 0. The van der Waals surface area contributed by atoms with Crippen molar-refractivity contribution in [1.82, 2.24) is 0 Å². The van der Waals surface area contributed by atoms with E-state index in [1.807, 2.05) is 0 Å². The Morgan fingerprint density at radius 2 is 0.806 bits per heavy atom. The third-order valence-electron chi connectivity index (χ3n) is 21.7. The molecule has 6 aliphatic heterocycles. The first-order valence-corrected chi connectivity index (χ1v) is 40.9. The minimum absolute atomic E-state index is 0.0408. The number of esters is 3. The molecule has 9 N–H and O–H groups in total. The maximum atomic E-state index is 14.6. The Balaban J connectivity index is 1.27. The summed E-state index contributed by atoms with van der Waals surface area (Å²) in [6, 6.07) is 0. The van der Waals surface area contributed by atoms with E-state index in [0.717, 1.165) is 109 Å². The second kappa shape index (κ2) is 49.7. The quantitative estimate of drug-likeness (QED) is 0.0156. The van der Waals surface area contributed by atoms with Crippen LogP contribution in [0.1, 0.15) is 312 Å². The van der Waals surface area contributed by atoms with Crippen molar-refractivity contribution in [2.45, 2.75) is 471 Å². The molecule has 6 fully saturated rings. The van der Waals surface area contributed by atoms with Crippen LogP contribution in [-0.4, -0.2) is 230 Å². The van der Waals surface area contributed by atoms with Crippen LogP contribution in [0, 0.1) is 0 Å². The zero-order valence-corrected chi connectivity index (χ0v) is 63.8. The molecule has 2 bridgehead atoms. The molecular formula is C78H140O25. The lowest BCUT2D eigenvalue weighted by Crippen LogP contribution is -2.68. The molecule has 6 aliphatic rings. The molecule has 25 nitrogen and oxygen atoms in total. The van der Waals surface area contributed by atoms with E-state index < -0.39 is 178 Å². The smallest absolute Gasteiger partial charge is 0.306 e. The molecule has 0 aromatic rings. The van der Waals surface area contributed by atoms with Gasteiger partial charge in [-0.15, -0.1) is 0 Å². The molecule has 0 amide bonds. The third-order valence-corrected chi connectivity index (χ3v) is 21.7. The van der Waals surface area contributed by atoms with Crippen LogP contribution < -0.4 is 0 Å². The van der Waals surface area contributed by atoms with Gasteiger partial charge >= 0.3 is 17.9 Å². The summed E-state index contributed by atoms with van der Waals surface area (Å²) in [6.45, 7) is 11.9. The molecule has 0 saturated carbocycles. The Kier molecular flexibility index (Phi) is 43.2. The van der Waals surface area contributed by atoms with Gasteiger partial charge in [0.2, 0.25) is 0 Å². The van der Waals surface area contributed by atoms with Crippen molar-refractivity contribution in [2.75, 3.05) is 6.61 Å². The Morgan fingerprint density at radius 1 is 0.369 bits per heavy atom.